The van der Waals surface area contributed by atoms with Crippen LogP contribution in [0.1, 0.15) is 90.0 Å². The molecule has 268 valence electrons. The van der Waals surface area contributed by atoms with Crippen LogP contribution in [0.25, 0.3) is 11.0 Å². The Labute approximate surface area is 293 Å². The van der Waals surface area contributed by atoms with Crippen LogP contribution >= 0.6 is 0 Å². The van der Waals surface area contributed by atoms with E-state index < -0.39 is 29.7 Å². The van der Waals surface area contributed by atoms with Crippen LogP contribution < -0.4 is 14.8 Å². The third-order valence-electron chi connectivity index (χ3n) is 11.1. The minimum Gasteiger partial charge on any atom is -0.484 e. The molecular weight excluding hydrogens is 638 g/mol. The van der Waals surface area contributed by atoms with Gasteiger partial charge >= 0.3 is 6.09 Å². The lowest BCUT2D eigenvalue weighted by atomic mass is 9.85. The SMILES string of the molecule is CC[C@@H]1[C@@H]2CN(C(=O)[C@H](C(C)(C)C)NC(=O)O[C@@H]3CC4CC4[C@H]3CCCCCc3nc4ccc(OCc5ncc(C)o5)cc4nc3O2)[C@@H]1C=O. The van der Waals surface area contributed by atoms with E-state index in [9.17, 15) is 14.4 Å². The van der Waals surface area contributed by atoms with Crippen molar-refractivity contribution in [1.82, 2.24) is 25.2 Å². The number of carbonyl (C=O) groups excluding carboxylic acids is 3. The van der Waals surface area contributed by atoms with Gasteiger partial charge in [0.2, 0.25) is 17.7 Å². The number of hydrogen-bond acceptors (Lipinski definition) is 10. The van der Waals surface area contributed by atoms with Crippen LogP contribution in [-0.2, 0) is 27.4 Å². The topological polar surface area (TPSA) is 146 Å². The van der Waals surface area contributed by atoms with Crippen LogP contribution in [-0.4, -0.2) is 69.0 Å². The molecule has 4 heterocycles. The smallest absolute Gasteiger partial charge is 0.408 e. The average molecular weight is 688 g/mol. The summed E-state index contributed by atoms with van der Waals surface area (Å²) in [6.07, 6.45) is 8.57. The average Bonchev–Trinajstić information content (AvgIpc) is 3.37. The molecule has 0 radical (unpaired) electrons. The predicted octanol–water partition coefficient (Wildman–Crippen LogP) is 5.97. The first kappa shape index (κ1) is 34.2. The van der Waals surface area contributed by atoms with Crippen molar-refractivity contribution in [2.45, 2.75) is 117 Å². The van der Waals surface area contributed by atoms with Gasteiger partial charge in [0.1, 0.15) is 41.7 Å². The molecule has 2 aliphatic carbocycles. The third-order valence-corrected chi connectivity index (χ3v) is 11.1. The number of nitrogens with zero attached hydrogens (tertiary/aromatic N) is 4. The molecular formula is C38H49N5O7. The van der Waals surface area contributed by atoms with E-state index in [1.54, 1.807) is 11.1 Å². The molecule has 2 aromatic heterocycles. The van der Waals surface area contributed by atoms with Gasteiger partial charge in [-0.2, -0.15) is 0 Å². The van der Waals surface area contributed by atoms with Crippen LogP contribution in [0.5, 0.6) is 11.6 Å². The first-order valence-electron chi connectivity index (χ1n) is 18.3. The van der Waals surface area contributed by atoms with Gasteiger partial charge in [-0.15, -0.1) is 0 Å². The number of fused-ring (bicyclic) bond motifs is 7. The highest BCUT2D eigenvalue weighted by Gasteiger charge is 2.55. The number of benzene rings is 1. The molecule has 2 amide bonds. The first-order valence-corrected chi connectivity index (χ1v) is 18.3. The summed E-state index contributed by atoms with van der Waals surface area (Å²) in [4.78, 5) is 56.1. The Morgan fingerprint density at radius 1 is 1.04 bits per heavy atom. The summed E-state index contributed by atoms with van der Waals surface area (Å²) in [5, 5.41) is 2.92. The molecule has 1 aromatic carbocycles. The van der Waals surface area contributed by atoms with Crippen molar-refractivity contribution in [3.8, 4) is 11.6 Å². The molecule has 2 unspecified atom stereocenters. The Balaban J connectivity index is 1.20. The maximum atomic E-state index is 14.3. The van der Waals surface area contributed by atoms with Crippen molar-refractivity contribution in [3.63, 3.8) is 0 Å². The zero-order chi connectivity index (χ0) is 35.2. The monoisotopic (exact) mass is 687 g/mol. The van der Waals surface area contributed by atoms with Gasteiger partial charge in [0.05, 0.1) is 29.8 Å². The molecule has 50 heavy (non-hydrogen) atoms. The number of nitrogens with one attached hydrogen (secondary N) is 1. The lowest BCUT2D eigenvalue weighted by Crippen LogP contribution is -2.56. The quantitative estimate of drug-likeness (QED) is 0.318. The molecule has 12 heteroatoms. The van der Waals surface area contributed by atoms with Gasteiger partial charge in [-0.3, -0.25) is 4.79 Å². The summed E-state index contributed by atoms with van der Waals surface area (Å²) in [5.74, 6) is 3.17. The Morgan fingerprint density at radius 3 is 2.62 bits per heavy atom. The number of aromatic nitrogens is 3. The fourth-order valence-electron chi connectivity index (χ4n) is 8.40. The number of alkyl carbamates (subject to hydrolysis) is 1. The highest BCUT2D eigenvalue weighted by Crippen LogP contribution is 2.57. The number of ether oxygens (including phenoxy) is 3. The van der Waals surface area contributed by atoms with Gasteiger partial charge in [-0.25, -0.2) is 19.7 Å². The zero-order valence-electron chi connectivity index (χ0n) is 29.7. The van der Waals surface area contributed by atoms with E-state index >= 15 is 0 Å². The Hall–Kier alpha value is -4.22. The van der Waals surface area contributed by atoms with Crippen LogP contribution in [0, 0.1) is 36.0 Å². The molecule has 3 fully saturated rings. The largest absolute Gasteiger partial charge is 0.484 e. The maximum Gasteiger partial charge on any atom is 0.408 e. The highest BCUT2D eigenvalue weighted by molar-refractivity contribution is 5.89. The minimum atomic E-state index is -0.892. The number of amides is 2. The van der Waals surface area contributed by atoms with Gasteiger partial charge in [0, 0.05) is 12.0 Å². The number of rotatable bonds is 5. The van der Waals surface area contributed by atoms with Gasteiger partial charge in [-0.1, -0.05) is 40.5 Å². The van der Waals surface area contributed by atoms with Crippen molar-refractivity contribution in [3.05, 3.63) is 41.7 Å². The Bertz CT molecular complexity index is 1740. The second-order valence-electron chi connectivity index (χ2n) is 15.7. The molecule has 2 aliphatic heterocycles. The number of carbonyl (C=O) groups is 3. The molecule has 7 rings (SSSR count). The highest BCUT2D eigenvalue weighted by atomic mass is 16.6. The third kappa shape index (κ3) is 7.03. The van der Waals surface area contributed by atoms with Crippen LogP contribution in [0.3, 0.4) is 0 Å². The van der Waals surface area contributed by atoms with Crippen molar-refractivity contribution < 1.29 is 33.0 Å². The maximum absolute atomic E-state index is 14.3. The van der Waals surface area contributed by atoms with E-state index in [1.165, 1.54) is 6.42 Å². The standard InChI is InChI=1S/C38H49N5O7/c1-6-24-30(19-44)43-18-32(24)49-35-28(40-27-13-12-23(16-29(27)41-35)47-20-33-39-17-21(2)48-33)11-9-7-8-10-25-26-14-22(26)15-31(25)50-37(46)42-34(36(43)45)38(3,4)5/h12-13,16-17,19,22,24-26,30-32,34H,6-11,14-15,18,20H2,1-5H3,(H,42,46)/t22?,24-,25+,26?,30+,31+,32-,34+/m0/s1. The minimum absolute atomic E-state index is 0.142. The van der Waals surface area contributed by atoms with Crippen LogP contribution in [0.4, 0.5) is 4.79 Å². The molecule has 1 N–H and O–H groups in total. The summed E-state index contributed by atoms with van der Waals surface area (Å²) < 4.78 is 24.3. The number of aldehydes is 1. The summed E-state index contributed by atoms with van der Waals surface area (Å²) in [5.41, 5.74) is 1.46. The molecule has 0 spiro atoms. The fraction of sp³-hybridized carbons (Fsp3) is 0.632. The van der Waals surface area contributed by atoms with E-state index in [2.05, 4.69) is 10.3 Å². The van der Waals surface area contributed by atoms with Gasteiger partial charge in [0.15, 0.2) is 6.61 Å². The van der Waals surface area contributed by atoms with E-state index in [-0.39, 0.29) is 31.1 Å². The lowest BCUT2D eigenvalue weighted by Gasteiger charge is -2.35. The number of oxazole rings is 1. The summed E-state index contributed by atoms with van der Waals surface area (Å²) in [6, 6.07) is 3.97. The van der Waals surface area contributed by atoms with Crippen molar-refractivity contribution in [1.29, 1.82) is 0 Å². The molecule has 3 aromatic rings. The van der Waals surface area contributed by atoms with Crippen LogP contribution in [0.15, 0.2) is 28.8 Å². The Morgan fingerprint density at radius 2 is 1.88 bits per heavy atom. The van der Waals surface area contributed by atoms with Crippen molar-refractivity contribution >= 4 is 29.3 Å². The zero-order valence-corrected chi connectivity index (χ0v) is 29.7. The Kier molecular flexibility index (Phi) is 9.47. The summed E-state index contributed by atoms with van der Waals surface area (Å²) in [7, 11) is 0. The van der Waals surface area contributed by atoms with Gasteiger partial charge in [-0.05, 0) is 80.8 Å². The predicted molar refractivity (Wildman–Crippen MR) is 183 cm³/mol. The first-order chi connectivity index (χ1) is 24.0. The second-order valence-corrected chi connectivity index (χ2v) is 15.7. The summed E-state index contributed by atoms with van der Waals surface area (Å²) in [6.45, 7) is 9.91. The van der Waals surface area contributed by atoms with Crippen molar-refractivity contribution in [2.24, 2.45) is 29.1 Å². The van der Waals surface area contributed by atoms with Gasteiger partial charge < -0.3 is 33.6 Å². The molecule has 4 aliphatic rings. The van der Waals surface area contributed by atoms with E-state index in [0.717, 1.165) is 49.6 Å². The van der Waals surface area contributed by atoms with Gasteiger partial charge in [0.25, 0.3) is 0 Å². The summed E-state index contributed by atoms with van der Waals surface area (Å²) >= 11 is 0. The fourth-order valence-corrected chi connectivity index (χ4v) is 8.40. The molecule has 2 saturated carbocycles. The van der Waals surface area contributed by atoms with E-state index in [1.807, 2.05) is 52.8 Å². The second kappa shape index (κ2) is 13.8. The molecule has 12 nitrogen and oxygen atoms in total. The van der Waals surface area contributed by atoms with Crippen molar-refractivity contribution in [2.75, 3.05) is 6.54 Å². The molecule has 8 atom stereocenters. The number of aryl methyl sites for hydroxylation is 2. The molecule has 1 saturated heterocycles. The van der Waals surface area contributed by atoms with E-state index in [0.29, 0.717) is 59.4 Å². The van der Waals surface area contributed by atoms with E-state index in [4.69, 9.17) is 28.6 Å². The normalized spacial score (nSPS) is 30.2. The number of hydrogen-bond donors (Lipinski definition) is 1. The molecule has 2 bridgehead atoms. The van der Waals surface area contributed by atoms with Crippen LogP contribution in [0.2, 0.25) is 0 Å². The lowest BCUT2D eigenvalue weighted by molar-refractivity contribution is -0.139.